The van der Waals surface area contributed by atoms with Gasteiger partial charge in [-0.1, -0.05) is 0 Å². The zero-order valence-corrected chi connectivity index (χ0v) is 17.0. The van der Waals surface area contributed by atoms with Gasteiger partial charge in [-0.25, -0.2) is 4.79 Å². The lowest BCUT2D eigenvalue weighted by molar-refractivity contribution is -0.135. The summed E-state index contributed by atoms with van der Waals surface area (Å²) in [6.45, 7) is 10.1. The largest absolute Gasteiger partial charge is 0.494 e. The van der Waals surface area contributed by atoms with E-state index in [9.17, 15) is 9.59 Å². The summed E-state index contributed by atoms with van der Waals surface area (Å²) in [6.07, 6.45) is 3.53. The maximum atomic E-state index is 12.5. The molecule has 27 heavy (non-hydrogen) atoms. The molecule has 3 heterocycles. The normalized spacial score (nSPS) is 23.5. The number of carbonyl (C=O) groups excluding carboxylic acids is 2. The fourth-order valence-corrected chi connectivity index (χ4v) is 3.56. The summed E-state index contributed by atoms with van der Waals surface area (Å²) in [5.41, 5.74) is 0.749. The molecule has 0 aromatic carbocycles. The Balaban J connectivity index is 1.37. The molecule has 7 heteroatoms. The highest BCUT2D eigenvalue weighted by Gasteiger charge is 2.33. The first-order valence-corrected chi connectivity index (χ1v) is 9.96. The van der Waals surface area contributed by atoms with Gasteiger partial charge in [0.1, 0.15) is 17.5 Å². The molecule has 7 nitrogen and oxygen atoms in total. The van der Waals surface area contributed by atoms with Crippen LogP contribution in [0.15, 0.2) is 11.3 Å². The van der Waals surface area contributed by atoms with Gasteiger partial charge in [0.2, 0.25) is 5.91 Å². The summed E-state index contributed by atoms with van der Waals surface area (Å²) >= 11 is 0. The van der Waals surface area contributed by atoms with Crippen LogP contribution in [0.3, 0.4) is 0 Å². The van der Waals surface area contributed by atoms with Gasteiger partial charge in [0.05, 0.1) is 19.1 Å². The predicted molar refractivity (Wildman–Crippen MR) is 100 cm³/mol. The van der Waals surface area contributed by atoms with Crippen molar-refractivity contribution in [1.82, 2.24) is 9.80 Å². The minimum Gasteiger partial charge on any atom is -0.494 e. The fraction of sp³-hybridized carbons (Fsp3) is 0.800. The molecule has 4 rings (SSSR count). The van der Waals surface area contributed by atoms with Gasteiger partial charge in [-0.05, 0) is 46.1 Å². The van der Waals surface area contributed by atoms with Crippen molar-refractivity contribution >= 4 is 12.0 Å². The highest BCUT2D eigenvalue weighted by atomic mass is 16.6. The van der Waals surface area contributed by atoms with E-state index in [-0.39, 0.29) is 18.1 Å². The molecule has 0 spiro atoms. The number of fused-ring (bicyclic) bond motifs is 2. The molecule has 0 N–H and O–H groups in total. The first-order chi connectivity index (χ1) is 12.7. The molecule has 1 aliphatic carbocycles. The van der Waals surface area contributed by atoms with Crippen LogP contribution in [-0.2, 0) is 19.0 Å². The van der Waals surface area contributed by atoms with E-state index in [2.05, 4.69) is 0 Å². The third kappa shape index (κ3) is 5.37. The van der Waals surface area contributed by atoms with Crippen LogP contribution in [0.2, 0.25) is 0 Å². The monoisotopic (exact) mass is 380 g/mol. The zero-order valence-electron chi connectivity index (χ0n) is 17.0. The molecule has 2 saturated heterocycles. The minimum absolute atomic E-state index is 0.0765. The van der Waals surface area contributed by atoms with Gasteiger partial charge in [0, 0.05) is 32.6 Å². The molecule has 4 aliphatic rings. The van der Waals surface area contributed by atoms with E-state index >= 15 is 0 Å². The lowest BCUT2D eigenvalue weighted by Gasteiger charge is -2.38. The highest BCUT2D eigenvalue weighted by Crippen LogP contribution is 2.38. The molecule has 2 bridgehead atoms. The molecule has 0 radical (unpaired) electrons. The molecular formula is C20H32N2O5. The molecule has 2 amide bonds. The minimum atomic E-state index is -0.503. The Morgan fingerprint density at radius 1 is 1.19 bits per heavy atom. The van der Waals surface area contributed by atoms with Gasteiger partial charge in [-0.2, -0.15) is 0 Å². The quantitative estimate of drug-likeness (QED) is 0.734. The van der Waals surface area contributed by atoms with Crippen molar-refractivity contribution < 1.29 is 23.8 Å². The van der Waals surface area contributed by atoms with Crippen molar-refractivity contribution in [2.24, 2.45) is 0 Å². The maximum absolute atomic E-state index is 12.5. The van der Waals surface area contributed by atoms with Gasteiger partial charge in [-0.3, -0.25) is 4.79 Å². The average molecular weight is 380 g/mol. The third-order valence-corrected chi connectivity index (χ3v) is 5.17. The van der Waals surface area contributed by atoms with Gasteiger partial charge in [0.25, 0.3) is 0 Å². The van der Waals surface area contributed by atoms with Gasteiger partial charge in [0.15, 0.2) is 0 Å². The molecule has 2 atom stereocenters. The van der Waals surface area contributed by atoms with Crippen LogP contribution in [0.5, 0.6) is 0 Å². The lowest BCUT2D eigenvalue weighted by Crippen LogP contribution is -2.52. The predicted octanol–water partition coefficient (Wildman–Crippen LogP) is 2.70. The number of carbonyl (C=O) groups is 2. The first kappa shape index (κ1) is 20.0. The summed E-state index contributed by atoms with van der Waals surface area (Å²) in [7, 11) is 0. The van der Waals surface area contributed by atoms with E-state index in [4.69, 9.17) is 14.2 Å². The van der Waals surface area contributed by atoms with Crippen molar-refractivity contribution in [3.05, 3.63) is 11.3 Å². The number of hydrogen-bond acceptors (Lipinski definition) is 5. The summed E-state index contributed by atoms with van der Waals surface area (Å²) in [6, 6.07) is 0. The number of piperazine rings is 1. The van der Waals surface area contributed by atoms with Crippen molar-refractivity contribution in [3.63, 3.8) is 0 Å². The van der Waals surface area contributed by atoms with Crippen LogP contribution in [0.4, 0.5) is 4.79 Å². The number of rotatable bonds is 5. The van der Waals surface area contributed by atoms with E-state index in [1.807, 2.05) is 32.6 Å². The number of hydrogen-bond donors (Lipinski definition) is 0. The Morgan fingerprint density at radius 2 is 1.81 bits per heavy atom. The summed E-state index contributed by atoms with van der Waals surface area (Å²) < 4.78 is 16.9. The molecule has 0 aromatic heterocycles. The van der Waals surface area contributed by atoms with Crippen LogP contribution in [0, 0.1) is 0 Å². The molecule has 0 aromatic rings. The third-order valence-electron chi connectivity index (χ3n) is 5.17. The molecule has 0 saturated carbocycles. The van der Waals surface area contributed by atoms with Gasteiger partial charge in [-0.15, -0.1) is 0 Å². The SMILES string of the molecule is CC(CC(=O)N1CCN(C(=O)OC(C)(C)C)CC1)OCC1=C2CC(CC1)O2. The van der Waals surface area contributed by atoms with Crippen LogP contribution in [0.1, 0.15) is 53.4 Å². The van der Waals surface area contributed by atoms with E-state index < -0.39 is 5.60 Å². The standard InChI is InChI=1S/C20H32N2O5/c1-14(25-13-15-5-6-16-12-17(15)26-16)11-18(23)21-7-9-22(10-8-21)19(24)27-20(2,3)4/h14,16H,5-13H2,1-4H3. The van der Waals surface area contributed by atoms with Crippen LogP contribution >= 0.6 is 0 Å². The number of nitrogens with zero attached hydrogens (tertiary/aromatic N) is 2. The van der Waals surface area contributed by atoms with Crippen LogP contribution in [-0.4, -0.2) is 72.4 Å². The molecule has 2 fully saturated rings. The maximum Gasteiger partial charge on any atom is 0.410 e. The van der Waals surface area contributed by atoms with Gasteiger partial charge >= 0.3 is 6.09 Å². The number of amides is 2. The van der Waals surface area contributed by atoms with Crippen molar-refractivity contribution in [2.75, 3.05) is 32.8 Å². The summed E-state index contributed by atoms with van der Waals surface area (Å²) in [4.78, 5) is 28.1. The molecule has 152 valence electrons. The van der Waals surface area contributed by atoms with E-state index in [1.165, 1.54) is 5.57 Å². The van der Waals surface area contributed by atoms with Crippen LogP contribution in [0.25, 0.3) is 0 Å². The molecule has 2 unspecified atom stereocenters. The second kappa shape index (κ2) is 8.09. The van der Waals surface area contributed by atoms with E-state index in [1.54, 1.807) is 4.90 Å². The van der Waals surface area contributed by atoms with E-state index in [0.29, 0.717) is 45.3 Å². The van der Waals surface area contributed by atoms with Gasteiger partial charge < -0.3 is 24.0 Å². The van der Waals surface area contributed by atoms with Crippen molar-refractivity contribution in [3.8, 4) is 0 Å². The zero-order chi connectivity index (χ0) is 19.6. The topological polar surface area (TPSA) is 68.3 Å². The molecular weight excluding hydrogens is 348 g/mol. The fourth-order valence-electron chi connectivity index (χ4n) is 3.56. The molecule has 3 aliphatic heterocycles. The second-order valence-electron chi connectivity index (χ2n) is 8.68. The summed E-state index contributed by atoms with van der Waals surface area (Å²) in [5.74, 6) is 1.18. The second-order valence-corrected chi connectivity index (χ2v) is 8.68. The first-order valence-electron chi connectivity index (χ1n) is 9.96. The Hall–Kier alpha value is -1.76. The van der Waals surface area contributed by atoms with E-state index in [0.717, 1.165) is 25.0 Å². The Labute approximate surface area is 161 Å². The smallest absolute Gasteiger partial charge is 0.410 e. The lowest BCUT2D eigenvalue weighted by atomic mass is 9.91. The Morgan fingerprint density at radius 3 is 2.37 bits per heavy atom. The summed E-state index contributed by atoms with van der Waals surface area (Å²) in [5, 5.41) is 0. The highest BCUT2D eigenvalue weighted by molar-refractivity contribution is 5.77. The Kier molecular flexibility index (Phi) is 5.99. The van der Waals surface area contributed by atoms with Crippen LogP contribution < -0.4 is 0 Å². The average Bonchev–Trinajstić information content (AvgIpc) is 2.58. The van der Waals surface area contributed by atoms with Crippen molar-refractivity contribution in [1.29, 1.82) is 0 Å². The van der Waals surface area contributed by atoms with Crippen molar-refractivity contribution in [2.45, 2.75) is 71.2 Å². The number of ether oxygens (including phenoxy) is 3. The Bertz CT molecular complexity index is 594.